The third-order valence-corrected chi connectivity index (χ3v) is 4.86. The first-order chi connectivity index (χ1) is 9.24. The number of methoxy groups -OCH3 is 1. The molecule has 2 saturated carbocycles. The van der Waals surface area contributed by atoms with Crippen LogP contribution in [0.25, 0.3) is 0 Å². The van der Waals surface area contributed by atoms with Crippen LogP contribution in [0.1, 0.15) is 51.9 Å². The average molecular weight is 269 g/mol. The summed E-state index contributed by atoms with van der Waals surface area (Å²) < 4.78 is 5.22. The molecule has 19 heavy (non-hydrogen) atoms. The normalized spacial score (nSPS) is 31.9. The van der Waals surface area contributed by atoms with E-state index in [1.165, 1.54) is 38.5 Å². The van der Waals surface area contributed by atoms with Crippen molar-refractivity contribution >= 4 is 0 Å². The molecule has 3 atom stereocenters. The van der Waals surface area contributed by atoms with E-state index in [2.05, 4.69) is 11.8 Å². The van der Waals surface area contributed by atoms with Gasteiger partial charge in [0, 0.05) is 26.2 Å². The van der Waals surface area contributed by atoms with E-state index in [9.17, 15) is 5.11 Å². The molecule has 2 aliphatic carbocycles. The van der Waals surface area contributed by atoms with Crippen LogP contribution in [-0.4, -0.2) is 49.0 Å². The fourth-order valence-electron chi connectivity index (χ4n) is 3.58. The summed E-state index contributed by atoms with van der Waals surface area (Å²) in [6, 6.07) is 0.772. The van der Waals surface area contributed by atoms with Crippen molar-refractivity contribution < 1.29 is 9.84 Å². The maximum absolute atomic E-state index is 10.3. The summed E-state index contributed by atoms with van der Waals surface area (Å²) in [5, 5.41) is 10.3. The van der Waals surface area contributed by atoms with E-state index in [0.717, 1.165) is 38.1 Å². The molecular weight excluding hydrogens is 238 g/mol. The fraction of sp³-hybridized carbons (Fsp3) is 1.00. The highest BCUT2D eigenvalue weighted by Gasteiger charge is 2.34. The van der Waals surface area contributed by atoms with Crippen LogP contribution in [0, 0.1) is 11.8 Å². The van der Waals surface area contributed by atoms with Crippen molar-refractivity contribution in [3.8, 4) is 0 Å². The highest BCUT2D eigenvalue weighted by atomic mass is 16.5. The third kappa shape index (κ3) is 4.73. The molecule has 112 valence electrons. The molecule has 2 aliphatic rings. The fourth-order valence-corrected chi connectivity index (χ4v) is 3.58. The second kappa shape index (κ2) is 7.61. The number of nitrogens with zero attached hydrogens (tertiary/aromatic N) is 1. The Morgan fingerprint density at radius 1 is 1.21 bits per heavy atom. The molecule has 3 unspecified atom stereocenters. The van der Waals surface area contributed by atoms with E-state index in [-0.39, 0.29) is 6.10 Å². The Labute approximate surface area is 118 Å². The van der Waals surface area contributed by atoms with E-state index < -0.39 is 0 Å². The molecule has 3 heteroatoms. The van der Waals surface area contributed by atoms with Crippen molar-refractivity contribution in [2.75, 3.05) is 26.8 Å². The molecule has 0 aromatic heterocycles. The number of aliphatic hydroxyl groups excluding tert-OH is 1. The Morgan fingerprint density at radius 2 is 2.00 bits per heavy atom. The van der Waals surface area contributed by atoms with Crippen molar-refractivity contribution in [1.82, 2.24) is 4.90 Å². The van der Waals surface area contributed by atoms with Crippen LogP contribution in [0.5, 0.6) is 0 Å². The molecule has 2 fully saturated rings. The largest absolute Gasteiger partial charge is 0.393 e. The van der Waals surface area contributed by atoms with Gasteiger partial charge in [-0.3, -0.25) is 4.90 Å². The van der Waals surface area contributed by atoms with Gasteiger partial charge in [-0.15, -0.1) is 0 Å². The second-order valence-electron chi connectivity index (χ2n) is 6.51. The van der Waals surface area contributed by atoms with Gasteiger partial charge >= 0.3 is 0 Å². The zero-order chi connectivity index (χ0) is 13.7. The average Bonchev–Trinajstić information content (AvgIpc) is 3.22. The number of ether oxygens (including phenoxy) is 1. The van der Waals surface area contributed by atoms with Gasteiger partial charge in [0.2, 0.25) is 0 Å². The summed E-state index contributed by atoms with van der Waals surface area (Å²) >= 11 is 0. The van der Waals surface area contributed by atoms with E-state index in [1.54, 1.807) is 7.11 Å². The van der Waals surface area contributed by atoms with E-state index in [4.69, 9.17) is 4.74 Å². The Balaban J connectivity index is 1.83. The standard InChI is InChI=1S/C16H31NO2/c1-3-4-13-5-8-16(18)14(11-13)12-17(9-10-19-2)15-6-7-15/h13-16,18H,3-12H2,1-2H3. The van der Waals surface area contributed by atoms with Crippen molar-refractivity contribution in [1.29, 1.82) is 0 Å². The maximum atomic E-state index is 10.3. The quantitative estimate of drug-likeness (QED) is 0.735. The lowest BCUT2D eigenvalue weighted by atomic mass is 9.77. The number of aliphatic hydroxyl groups is 1. The monoisotopic (exact) mass is 269 g/mol. The predicted molar refractivity (Wildman–Crippen MR) is 78.2 cm³/mol. The molecular formula is C16H31NO2. The maximum Gasteiger partial charge on any atom is 0.0589 e. The summed E-state index contributed by atoms with van der Waals surface area (Å²) in [5.41, 5.74) is 0. The van der Waals surface area contributed by atoms with Crippen LogP contribution in [0.4, 0.5) is 0 Å². The first kappa shape index (κ1) is 15.3. The first-order valence-electron chi connectivity index (χ1n) is 8.15. The highest BCUT2D eigenvalue weighted by molar-refractivity contribution is 4.89. The molecule has 0 spiro atoms. The molecule has 0 saturated heterocycles. The zero-order valence-electron chi connectivity index (χ0n) is 12.7. The van der Waals surface area contributed by atoms with Gasteiger partial charge in [-0.05, 0) is 43.9 Å². The van der Waals surface area contributed by atoms with Crippen LogP contribution in [0.15, 0.2) is 0 Å². The highest BCUT2D eigenvalue weighted by Crippen LogP contribution is 2.35. The van der Waals surface area contributed by atoms with Crippen LogP contribution in [-0.2, 0) is 4.74 Å². The van der Waals surface area contributed by atoms with Gasteiger partial charge in [0.25, 0.3) is 0 Å². The minimum absolute atomic E-state index is 0.0723. The van der Waals surface area contributed by atoms with Gasteiger partial charge in [0.15, 0.2) is 0 Å². The Morgan fingerprint density at radius 3 is 2.63 bits per heavy atom. The van der Waals surface area contributed by atoms with Crippen LogP contribution in [0.2, 0.25) is 0 Å². The Bertz CT molecular complexity index is 255. The van der Waals surface area contributed by atoms with Crippen LogP contribution < -0.4 is 0 Å². The van der Waals surface area contributed by atoms with Crippen molar-refractivity contribution in [3.63, 3.8) is 0 Å². The predicted octanol–water partition coefficient (Wildman–Crippen LogP) is 2.67. The summed E-state index contributed by atoms with van der Waals surface area (Å²) in [5.74, 6) is 1.34. The Kier molecular flexibility index (Phi) is 6.11. The van der Waals surface area contributed by atoms with Gasteiger partial charge in [-0.2, -0.15) is 0 Å². The number of rotatable bonds is 8. The lowest BCUT2D eigenvalue weighted by Crippen LogP contribution is -2.41. The van der Waals surface area contributed by atoms with Crippen LogP contribution >= 0.6 is 0 Å². The van der Waals surface area contributed by atoms with Crippen LogP contribution in [0.3, 0.4) is 0 Å². The summed E-state index contributed by atoms with van der Waals surface area (Å²) in [4.78, 5) is 2.56. The van der Waals surface area contributed by atoms with Gasteiger partial charge < -0.3 is 9.84 Å². The molecule has 0 heterocycles. The molecule has 0 amide bonds. The molecule has 2 rings (SSSR count). The summed E-state index contributed by atoms with van der Waals surface area (Å²) in [6.45, 7) is 5.20. The molecule has 0 aliphatic heterocycles. The molecule has 3 nitrogen and oxygen atoms in total. The van der Waals surface area contributed by atoms with E-state index in [0.29, 0.717) is 5.92 Å². The summed E-state index contributed by atoms with van der Waals surface area (Å²) in [6.07, 6.45) is 8.69. The SMILES string of the molecule is CCCC1CCC(O)C(CN(CCOC)C2CC2)C1. The molecule has 0 aromatic rings. The van der Waals surface area contributed by atoms with Gasteiger partial charge in [-0.25, -0.2) is 0 Å². The number of hydrogen-bond acceptors (Lipinski definition) is 3. The van der Waals surface area contributed by atoms with Crippen molar-refractivity contribution in [2.24, 2.45) is 11.8 Å². The minimum atomic E-state index is -0.0723. The lowest BCUT2D eigenvalue weighted by Gasteiger charge is -2.36. The molecule has 0 radical (unpaired) electrons. The van der Waals surface area contributed by atoms with Gasteiger partial charge in [0.05, 0.1) is 12.7 Å². The molecule has 0 bridgehead atoms. The zero-order valence-corrected chi connectivity index (χ0v) is 12.7. The minimum Gasteiger partial charge on any atom is -0.393 e. The van der Waals surface area contributed by atoms with Crippen molar-refractivity contribution in [2.45, 2.75) is 64.0 Å². The third-order valence-electron chi connectivity index (χ3n) is 4.86. The summed E-state index contributed by atoms with van der Waals surface area (Å²) in [7, 11) is 1.78. The first-order valence-corrected chi connectivity index (χ1v) is 8.15. The van der Waals surface area contributed by atoms with E-state index >= 15 is 0 Å². The van der Waals surface area contributed by atoms with Gasteiger partial charge in [0.1, 0.15) is 0 Å². The lowest BCUT2D eigenvalue weighted by molar-refractivity contribution is 0.0194. The van der Waals surface area contributed by atoms with E-state index in [1.807, 2.05) is 0 Å². The molecule has 1 N–H and O–H groups in total. The van der Waals surface area contributed by atoms with Crippen molar-refractivity contribution in [3.05, 3.63) is 0 Å². The smallest absolute Gasteiger partial charge is 0.0589 e. The second-order valence-corrected chi connectivity index (χ2v) is 6.51. The Hall–Kier alpha value is -0.120. The van der Waals surface area contributed by atoms with Gasteiger partial charge in [-0.1, -0.05) is 19.8 Å². The molecule has 0 aromatic carbocycles. The topological polar surface area (TPSA) is 32.7 Å². The number of hydrogen-bond donors (Lipinski definition) is 1.